The quantitative estimate of drug-likeness (QED) is 0.756. The van der Waals surface area contributed by atoms with E-state index in [1.54, 1.807) is 12.4 Å². The zero-order valence-electron chi connectivity index (χ0n) is 15.1. The van der Waals surface area contributed by atoms with E-state index in [2.05, 4.69) is 49.4 Å². The molecule has 2 aromatic heterocycles. The van der Waals surface area contributed by atoms with E-state index in [1.165, 1.54) is 49.9 Å². The predicted molar refractivity (Wildman–Crippen MR) is 105 cm³/mol. The van der Waals surface area contributed by atoms with E-state index in [0.717, 1.165) is 24.4 Å². The molecule has 3 heterocycles. The first kappa shape index (κ1) is 16.9. The molecule has 0 bridgehead atoms. The van der Waals surface area contributed by atoms with Crippen LogP contribution >= 0.6 is 0 Å². The topological polar surface area (TPSA) is 53.9 Å². The van der Waals surface area contributed by atoms with Crippen molar-refractivity contribution in [2.45, 2.75) is 38.8 Å². The lowest BCUT2D eigenvalue weighted by Crippen LogP contribution is -2.24. The molecule has 5 nitrogen and oxygen atoms in total. The van der Waals surface area contributed by atoms with Gasteiger partial charge in [0.1, 0.15) is 11.3 Å². The summed E-state index contributed by atoms with van der Waals surface area (Å²) in [4.78, 5) is 15.7. The van der Waals surface area contributed by atoms with Gasteiger partial charge >= 0.3 is 0 Å². The fraction of sp³-hybridized carbons (Fsp3) is 0.381. The highest BCUT2D eigenvalue weighted by molar-refractivity contribution is 5.71. The molecular formula is C21H25N5. The molecule has 0 radical (unpaired) electrons. The number of rotatable bonds is 5. The number of benzene rings is 1. The van der Waals surface area contributed by atoms with Crippen molar-refractivity contribution in [2.24, 2.45) is 0 Å². The van der Waals surface area contributed by atoms with Gasteiger partial charge in [-0.15, -0.1) is 0 Å². The third-order valence-corrected chi connectivity index (χ3v) is 5.00. The molecule has 1 aliphatic rings. The Hall–Kier alpha value is -2.53. The summed E-state index contributed by atoms with van der Waals surface area (Å²) >= 11 is 0. The van der Waals surface area contributed by atoms with Gasteiger partial charge in [-0.25, -0.2) is 9.97 Å². The number of anilines is 1. The number of hydrogen-bond donors (Lipinski definition) is 1. The van der Waals surface area contributed by atoms with Gasteiger partial charge in [-0.05, 0) is 49.2 Å². The molecule has 5 heteroatoms. The van der Waals surface area contributed by atoms with E-state index in [1.807, 2.05) is 12.1 Å². The first-order valence-corrected chi connectivity index (χ1v) is 9.49. The summed E-state index contributed by atoms with van der Waals surface area (Å²) in [6.07, 6.45) is 8.75. The van der Waals surface area contributed by atoms with Crippen LogP contribution in [0.15, 0.2) is 48.8 Å². The Morgan fingerprint density at radius 3 is 2.46 bits per heavy atom. The van der Waals surface area contributed by atoms with Crippen LogP contribution in [-0.4, -0.2) is 32.9 Å². The fourth-order valence-corrected chi connectivity index (χ4v) is 3.56. The molecule has 0 spiro atoms. The minimum Gasteiger partial charge on any atom is -0.366 e. The molecule has 1 aliphatic heterocycles. The van der Waals surface area contributed by atoms with Gasteiger partial charge in [0, 0.05) is 25.5 Å². The Kier molecular flexibility index (Phi) is 5.36. The van der Waals surface area contributed by atoms with Crippen LogP contribution < -0.4 is 5.32 Å². The average molecular weight is 347 g/mol. The van der Waals surface area contributed by atoms with Crippen LogP contribution in [0.5, 0.6) is 0 Å². The van der Waals surface area contributed by atoms with Crippen molar-refractivity contribution >= 4 is 17.0 Å². The highest BCUT2D eigenvalue weighted by atomic mass is 15.1. The smallest absolute Gasteiger partial charge is 0.180 e. The van der Waals surface area contributed by atoms with Crippen LogP contribution in [0.1, 0.15) is 36.8 Å². The Labute approximate surface area is 154 Å². The van der Waals surface area contributed by atoms with Crippen LogP contribution in [0.4, 0.5) is 5.82 Å². The van der Waals surface area contributed by atoms with Crippen molar-refractivity contribution in [2.75, 3.05) is 18.4 Å². The fourth-order valence-electron chi connectivity index (χ4n) is 3.56. The zero-order valence-corrected chi connectivity index (χ0v) is 15.1. The number of likely N-dealkylation sites (tertiary alicyclic amines) is 1. The van der Waals surface area contributed by atoms with E-state index in [0.29, 0.717) is 5.65 Å². The minimum atomic E-state index is 0.676. The molecule has 26 heavy (non-hydrogen) atoms. The number of aromatic nitrogens is 3. The van der Waals surface area contributed by atoms with Gasteiger partial charge in [0.2, 0.25) is 0 Å². The standard InChI is InChI=1S/C21H25N5/c1-2-6-14-26(13-5-1)16-18-8-4-3-7-17(18)15-24-20-10-9-19-21(25-20)23-12-11-22-19/h3-4,7-12H,1-2,5-6,13-16H2,(H,23,24,25). The number of nitrogens with one attached hydrogen (secondary N) is 1. The van der Waals surface area contributed by atoms with Gasteiger partial charge in [-0.1, -0.05) is 37.1 Å². The maximum Gasteiger partial charge on any atom is 0.180 e. The third kappa shape index (κ3) is 4.17. The van der Waals surface area contributed by atoms with E-state index >= 15 is 0 Å². The van der Waals surface area contributed by atoms with Crippen molar-refractivity contribution in [1.29, 1.82) is 0 Å². The summed E-state index contributed by atoms with van der Waals surface area (Å²) in [5.41, 5.74) is 4.23. The summed E-state index contributed by atoms with van der Waals surface area (Å²) in [6.45, 7) is 4.23. The average Bonchev–Trinajstić information content (AvgIpc) is 2.96. The van der Waals surface area contributed by atoms with Gasteiger partial charge in [0.05, 0.1) is 0 Å². The summed E-state index contributed by atoms with van der Waals surface area (Å²) in [5.74, 6) is 0.836. The SMILES string of the molecule is c1ccc(CN2CCCCCC2)c(CNc2ccc3nccnc3n2)c1. The van der Waals surface area contributed by atoms with Gasteiger partial charge in [0.15, 0.2) is 5.65 Å². The second kappa shape index (κ2) is 8.23. The lowest BCUT2D eigenvalue weighted by Gasteiger charge is -2.21. The first-order chi connectivity index (χ1) is 12.9. The largest absolute Gasteiger partial charge is 0.366 e. The molecule has 0 saturated carbocycles. The Balaban J connectivity index is 1.45. The number of nitrogens with zero attached hydrogens (tertiary/aromatic N) is 4. The zero-order chi connectivity index (χ0) is 17.6. The highest BCUT2D eigenvalue weighted by Gasteiger charge is 2.11. The third-order valence-electron chi connectivity index (χ3n) is 5.00. The first-order valence-electron chi connectivity index (χ1n) is 9.49. The Bertz CT molecular complexity index is 856. The maximum atomic E-state index is 4.55. The number of fused-ring (bicyclic) bond motifs is 1. The molecule has 134 valence electrons. The van der Waals surface area contributed by atoms with Crippen LogP contribution in [0.25, 0.3) is 11.2 Å². The molecule has 4 rings (SSSR count). The van der Waals surface area contributed by atoms with Crippen molar-refractivity contribution < 1.29 is 0 Å². The summed E-state index contributed by atoms with van der Waals surface area (Å²) in [6, 6.07) is 12.6. The molecule has 1 aromatic carbocycles. The second-order valence-corrected chi connectivity index (χ2v) is 6.91. The molecular weight excluding hydrogens is 322 g/mol. The van der Waals surface area contributed by atoms with Crippen LogP contribution in [0.2, 0.25) is 0 Å². The minimum absolute atomic E-state index is 0.676. The van der Waals surface area contributed by atoms with E-state index in [4.69, 9.17) is 0 Å². The molecule has 1 saturated heterocycles. The molecule has 3 aromatic rings. The molecule has 0 aliphatic carbocycles. The highest BCUT2D eigenvalue weighted by Crippen LogP contribution is 2.18. The van der Waals surface area contributed by atoms with Crippen molar-refractivity contribution in [3.05, 3.63) is 59.9 Å². The van der Waals surface area contributed by atoms with E-state index in [-0.39, 0.29) is 0 Å². The van der Waals surface area contributed by atoms with Gasteiger partial charge in [0.25, 0.3) is 0 Å². The molecule has 0 atom stereocenters. The number of pyridine rings is 1. The molecule has 1 fully saturated rings. The van der Waals surface area contributed by atoms with Crippen molar-refractivity contribution in [3.8, 4) is 0 Å². The molecule has 0 unspecified atom stereocenters. The van der Waals surface area contributed by atoms with Gasteiger partial charge in [-0.2, -0.15) is 0 Å². The van der Waals surface area contributed by atoms with Crippen LogP contribution in [-0.2, 0) is 13.1 Å². The Morgan fingerprint density at radius 1 is 0.846 bits per heavy atom. The normalized spacial score (nSPS) is 15.7. The van der Waals surface area contributed by atoms with Crippen molar-refractivity contribution in [1.82, 2.24) is 19.9 Å². The van der Waals surface area contributed by atoms with E-state index < -0.39 is 0 Å². The predicted octanol–water partition coefficient (Wildman–Crippen LogP) is 4.01. The Morgan fingerprint density at radius 2 is 1.62 bits per heavy atom. The molecule has 0 amide bonds. The summed E-state index contributed by atoms with van der Waals surface area (Å²) in [7, 11) is 0. The lowest BCUT2D eigenvalue weighted by molar-refractivity contribution is 0.276. The summed E-state index contributed by atoms with van der Waals surface area (Å²) in [5, 5.41) is 3.45. The summed E-state index contributed by atoms with van der Waals surface area (Å²) < 4.78 is 0. The maximum absolute atomic E-state index is 4.55. The number of hydrogen-bond acceptors (Lipinski definition) is 5. The van der Waals surface area contributed by atoms with Gasteiger partial charge < -0.3 is 5.32 Å². The monoisotopic (exact) mass is 347 g/mol. The van der Waals surface area contributed by atoms with Crippen molar-refractivity contribution in [3.63, 3.8) is 0 Å². The van der Waals surface area contributed by atoms with Crippen LogP contribution in [0.3, 0.4) is 0 Å². The lowest BCUT2D eigenvalue weighted by atomic mass is 10.1. The van der Waals surface area contributed by atoms with Gasteiger partial charge in [-0.3, -0.25) is 9.88 Å². The molecule has 1 N–H and O–H groups in total. The second-order valence-electron chi connectivity index (χ2n) is 6.91. The van der Waals surface area contributed by atoms with E-state index in [9.17, 15) is 0 Å². The van der Waals surface area contributed by atoms with Crippen LogP contribution in [0, 0.1) is 0 Å².